The van der Waals surface area contributed by atoms with E-state index in [-0.39, 0.29) is 35.5 Å². The Morgan fingerprint density at radius 2 is 2.05 bits per heavy atom. The highest BCUT2D eigenvalue weighted by Crippen LogP contribution is 2.18. The first-order chi connectivity index (χ1) is 10.1. The molecule has 1 aliphatic heterocycles. The van der Waals surface area contributed by atoms with E-state index in [2.05, 4.69) is 10.3 Å². The Morgan fingerprint density at radius 1 is 1.32 bits per heavy atom. The molecule has 22 heavy (non-hydrogen) atoms. The second-order valence-corrected chi connectivity index (χ2v) is 5.61. The van der Waals surface area contributed by atoms with Gasteiger partial charge < -0.3 is 15.2 Å². The standard InChI is InChI=1S/C16H19N3O2.ClH/c1-10-9-19(8-7-17-10)16(21)14-11(2)12-5-3-4-6-13(12)18-15(14)20;/h3-6,10,17H,7-9H2,1-2H3,(H,18,20);1H. The van der Waals surface area contributed by atoms with Crippen molar-refractivity contribution in [3.63, 3.8) is 0 Å². The molecule has 0 aliphatic carbocycles. The first-order valence-corrected chi connectivity index (χ1v) is 7.22. The Hall–Kier alpha value is -1.85. The molecule has 2 aromatic rings. The molecule has 2 heterocycles. The highest BCUT2D eigenvalue weighted by molar-refractivity contribution is 5.99. The number of nitrogens with zero attached hydrogens (tertiary/aromatic N) is 1. The number of H-pyrrole nitrogens is 1. The molecule has 0 saturated carbocycles. The minimum Gasteiger partial charge on any atom is -0.336 e. The minimum absolute atomic E-state index is 0. The molecule has 1 aliphatic rings. The fourth-order valence-electron chi connectivity index (χ4n) is 2.94. The number of carbonyl (C=O) groups excluding carboxylic acids is 1. The number of halogens is 1. The third-order valence-corrected chi connectivity index (χ3v) is 4.05. The summed E-state index contributed by atoms with van der Waals surface area (Å²) in [6, 6.07) is 7.82. The number of piperazine rings is 1. The lowest BCUT2D eigenvalue weighted by molar-refractivity contribution is 0.0706. The van der Waals surface area contributed by atoms with Gasteiger partial charge in [-0.3, -0.25) is 9.59 Å². The monoisotopic (exact) mass is 321 g/mol. The molecule has 0 bridgehead atoms. The fraction of sp³-hybridized carbons (Fsp3) is 0.375. The van der Waals surface area contributed by atoms with Crippen LogP contribution in [0.25, 0.3) is 10.9 Å². The van der Waals surface area contributed by atoms with Crippen LogP contribution in [0.2, 0.25) is 0 Å². The number of aromatic amines is 1. The van der Waals surface area contributed by atoms with E-state index in [1.54, 1.807) is 4.90 Å². The summed E-state index contributed by atoms with van der Waals surface area (Å²) in [6.45, 7) is 5.91. The van der Waals surface area contributed by atoms with Crippen LogP contribution >= 0.6 is 12.4 Å². The summed E-state index contributed by atoms with van der Waals surface area (Å²) >= 11 is 0. The second-order valence-electron chi connectivity index (χ2n) is 5.61. The number of benzene rings is 1. The highest BCUT2D eigenvalue weighted by atomic mass is 35.5. The van der Waals surface area contributed by atoms with Crippen molar-refractivity contribution < 1.29 is 4.79 Å². The summed E-state index contributed by atoms with van der Waals surface area (Å²) in [4.78, 5) is 29.6. The van der Waals surface area contributed by atoms with E-state index >= 15 is 0 Å². The van der Waals surface area contributed by atoms with E-state index in [1.165, 1.54) is 0 Å². The predicted molar refractivity (Wildman–Crippen MR) is 89.9 cm³/mol. The Morgan fingerprint density at radius 3 is 2.77 bits per heavy atom. The van der Waals surface area contributed by atoms with E-state index in [9.17, 15) is 9.59 Å². The van der Waals surface area contributed by atoms with Crippen molar-refractivity contribution in [3.8, 4) is 0 Å². The topological polar surface area (TPSA) is 65.2 Å². The van der Waals surface area contributed by atoms with Gasteiger partial charge in [0, 0.05) is 36.6 Å². The molecule has 1 fully saturated rings. The lowest BCUT2D eigenvalue weighted by atomic mass is 10.0. The summed E-state index contributed by atoms with van der Waals surface area (Å²) < 4.78 is 0. The van der Waals surface area contributed by atoms with Gasteiger partial charge in [0.2, 0.25) is 0 Å². The van der Waals surface area contributed by atoms with Gasteiger partial charge in [0.1, 0.15) is 5.56 Å². The van der Waals surface area contributed by atoms with Crippen molar-refractivity contribution in [1.29, 1.82) is 0 Å². The molecular formula is C16H20ClN3O2. The number of carbonyl (C=O) groups is 1. The van der Waals surface area contributed by atoms with Gasteiger partial charge in [-0.1, -0.05) is 18.2 Å². The molecule has 1 aromatic heterocycles. The number of amides is 1. The Kier molecular flexibility index (Phi) is 4.88. The molecule has 5 nitrogen and oxygen atoms in total. The van der Waals surface area contributed by atoms with Crippen LogP contribution in [0, 0.1) is 6.92 Å². The Bertz CT molecular complexity index is 757. The van der Waals surface area contributed by atoms with E-state index < -0.39 is 0 Å². The van der Waals surface area contributed by atoms with Gasteiger partial charge in [-0.25, -0.2) is 0 Å². The Labute approximate surface area is 135 Å². The molecule has 0 spiro atoms. The average molecular weight is 322 g/mol. The number of fused-ring (bicyclic) bond motifs is 1. The van der Waals surface area contributed by atoms with Crippen molar-refractivity contribution in [1.82, 2.24) is 15.2 Å². The molecule has 3 rings (SSSR count). The maximum Gasteiger partial charge on any atom is 0.261 e. The summed E-state index contributed by atoms with van der Waals surface area (Å²) in [5.41, 5.74) is 1.49. The van der Waals surface area contributed by atoms with Crippen LogP contribution in [0.4, 0.5) is 0 Å². The van der Waals surface area contributed by atoms with Crippen LogP contribution in [0.5, 0.6) is 0 Å². The summed E-state index contributed by atoms with van der Waals surface area (Å²) in [6.07, 6.45) is 0. The molecule has 6 heteroatoms. The van der Waals surface area contributed by atoms with Crippen LogP contribution in [-0.2, 0) is 0 Å². The van der Waals surface area contributed by atoms with E-state index in [4.69, 9.17) is 0 Å². The summed E-state index contributed by atoms with van der Waals surface area (Å²) in [7, 11) is 0. The van der Waals surface area contributed by atoms with Crippen LogP contribution in [-0.4, -0.2) is 41.5 Å². The summed E-state index contributed by atoms with van der Waals surface area (Å²) in [5.74, 6) is -0.173. The largest absolute Gasteiger partial charge is 0.336 e. The quantitative estimate of drug-likeness (QED) is 0.840. The predicted octanol–water partition coefficient (Wildman–Crippen LogP) is 1.69. The molecule has 2 N–H and O–H groups in total. The molecule has 0 radical (unpaired) electrons. The van der Waals surface area contributed by atoms with Crippen molar-refractivity contribution in [2.75, 3.05) is 19.6 Å². The average Bonchev–Trinajstić information content (AvgIpc) is 2.47. The lowest BCUT2D eigenvalue weighted by Crippen LogP contribution is -2.52. The van der Waals surface area contributed by atoms with Crippen molar-refractivity contribution >= 4 is 29.2 Å². The number of aromatic nitrogens is 1. The van der Waals surface area contributed by atoms with E-state index in [0.29, 0.717) is 13.1 Å². The zero-order valence-electron chi connectivity index (χ0n) is 12.7. The first-order valence-electron chi connectivity index (χ1n) is 7.22. The van der Waals surface area contributed by atoms with Gasteiger partial charge >= 0.3 is 0 Å². The number of nitrogens with one attached hydrogen (secondary N) is 2. The van der Waals surface area contributed by atoms with Gasteiger partial charge in [0.05, 0.1) is 0 Å². The van der Waals surface area contributed by atoms with Gasteiger partial charge in [0.25, 0.3) is 11.5 Å². The zero-order valence-corrected chi connectivity index (χ0v) is 13.5. The van der Waals surface area contributed by atoms with Gasteiger partial charge in [-0.05, 0) is 25.5 Å². The first kappa shape index (κ1) is 16.5. The van der Waals surface area contributed by atoms with Gasteiger partial charge in [-0.15, -0.1) is 12.4 Å². The van der Waals surface area contributed by atoms with E-state index in [1.807, 2.05) is 38.1 Å². The van der Waals surface area contributed by atoms with Gasteiger partial charge in [0.15, 0.2) is 0 Å². The molecule has 1 unspecified atom stereocenters. The number of pyridine rings is 1. The molecule has 1 aromatic carbocycles. The Balaban J connectivity index is 0.00000176. The number of hydrogen-bond donors (Lipinski definition) is 2. The molecule has 1 atom stereocenters. The third kappa shape index (κ3) is 2.87. The van der Waals surface area contributed by atoms with Crippen LogP contribution in [0.1, 0.15) is 22.8 Å². The maximum atomic E-state index is 12.7. The van der Waals surface area contributed by atoms with E-state index in [0.717, 1.165) is 23.0 Å². The second kappa shape index (κ2) is 6.50. The highest BCUT2D eigenvalue weighted by Gasteiger charge is 2.25. The molecule has 1 saturated heterocycles. The lowest BCUT2D eigenvalue weighted by Gasteiger charge is -2.32. The number of para-hydroxylation sites is 1. The minimum atomic E-state index is -0.303. The number of aryl methyl sites for hydroxylation is 1. The van der Waals surface area contributed by atoms with Gasteiger partial charge in [-0.2, -0.15) is 0 Å². The smallest absolute Gasteiger partial charge is 0.261 e. The molecular weight excluding hydrogens is 302 g/mol. The zero-order chi connectivity index (χ0) is 15.0. The van der Waals surface area contributed by atoms with Crippen molar-refractivity contribution in [2.24, 2.45) is 0 Å². The third-order valence-electron chi connectivity index (χ3n) is 4.05. The van der Waals surface area contributed by atoms with Crippen molar-refractivity contribution in [2.45, 2.75) is 19.9 Å². The number of rotatable bonds is 1. The molecule has 1 amide bonds. The fourth-order valence-corrected chi connectivity index (χ4v) is 2.94. The molecule has 118 valence electrons. The summed E-state index contributed by atoms with van der Waals surface area (Å²) in [5, 5.41) is 4.22. The van der Waals surface area contributed by atoms with Crippen LogP contribution < -0.4 is 10.9 Å². The number of hydrogen-bond acceptors (Lipinski definition) is 3. The normalized spacial score (nSPS) is 18.1. The maximum absolute atomic E-state index is 12.7. The van der Waals surface area contributed by atoms with Crippen LogP contribution in [0.15, 0.2) is 29.1 Å². The van der Waals surface area contributed by atoms with Crippen LogP contribution in [0.3, 0.4) is 0 Å². The SMILES string of the molecule is Cc1c(C(=O)N2CCNC(C)C2)c(=O)[nH]c2ccccc12.Cl. The van der Waals surface area contributed by atoms with Crippen molar-refractivity contribution in [3.05, 3.63) is 45.7 Å².